The molecule has 7 N–H and O–H groups in total. The topological polar surface area (TPSA) is 168 Å². The first-order valence-corrected chi connectivity index (χ1v) is 11.4. The zero-order chi connectivity index (χ0) is 22.3. The van der Waals surface area contributed by atoms with Gasteiger partial charge in [-0.05, 0) is 67.8 Å². The van der Waals surface area contributed by atoms with Gasteiger partial charge in [-0.25, -0.2) is 0 Å². The molecule has 0 saturated heterocycles. The van der Waals surface area contributed by atoms with E-state index in [1.54, 1.807) is 0 Å². The Morgan fingerprint density at radius 1 is 0.966 bits per heavy atom. The minimum atomic E-state index is -1.47. The summed E-state index contributed by atoms with van der Waals surface area (Å²) in [6.45, 7) is -1.13. The SMILES string of the molecule is CNC(=O)c1c(I)c(NC(=O)C(O)CCO)c(I)c(C(=O)NCC(O)CO)c1I. The Labute approximate surface area is 207 Å². The minimum absolute atomic E-state index is 0.0994. The van der Waals surface area contributed by atoms with Crippen LogP contribution in [0.1, 0.15) is 27.1 Å². The number of aliphatic hydroxyl groups is 4. The fourth-order valence-corrected chi connectivity index (χ4v) is 6.54. The van der Waals surface area contributed by atoms with Crippen LogP contribution in [0.25, 0.3) is 0 Å². The normalized spacial score (nSPS) is 12.8. The molecule has 29 heavy (non-hydrogen) atoms. The number of amides is 3. The average Bonchev–Trinajstić information content (AvgIpc) is 2.68. The van der Waals surface area contributed by atoms with E-state index in [4.69, 9.17) is 10.2 Å². The molecule has 1 aromatic carbocycles. The molecule has 2 unspecified atom stereocenters. The Hall–Kier alpha value is -0.340. The summed E-state index contributed by atoms with van der Waals surface area (Å²) in [6.07, 6.45) is -2.78. The molecule has 0 heterocycles. The predicted molar refractivity (Wildman–Crippen MR) is 130 cm³/mol. The van der Waals surface area contributed by atoms with E-state index < -0.39 is 36.5 Å². The summed E-state index contributed by atoms with van der Waals surface area (Å²) < 4.78 is 1.03. The highest BCUT2D eigenvalue weighted by molar-refractivity contribution is 14.1. The van der Waals surface area contributed by atoms with Crippen LogP contribution >= 0.6 is 67.8 Å². The van der Waals surface area contributed by atoms with Crippen molar-refractivity contribution in [3.63, 3.8) is 0 Å². The number of halogens is 3. The number of aliphatic hydroxyl groups excluding tert-OH is 4. The van der Waals surface area contributed by atoms with Crippen molar-refractivity contribution in [1.82, 2.24) is 10.6 Å². The van der Waals surface area contributed by atoms with Crippen LogP contribution < -0.4 is 16.0 Å². The first kappa shape index (κ1) is 26.7. The summed E-state index contributed by atoms with van der Waals surface area (Å²) in [5.74, 6) is -1.88. The van der Waals surface area contributed by atoms with E-state index in [-0.39, 0.29) is 36.4 Å². The van der Waals surface area contributed by atoms with E-state index in [1.807, 2.05) is 67.8 Å². The highest BCUT2D eigenvalue weighted by Gasteiger charge is 2.29. The molecule has 13 heteroatoms. The molecular formula is C16H20I3N3O7. The molecule has 0 aromatic heterocycles. The molecule has 1 rings (SSSR count). The lowest BCUT2D eigenvalue weighted by molar-refractivity contribution is -0.124. The second-order valence-corrected chi connectivity index (χ2v) is 8.95. The maximum absolute atomic E-state index is 12.7. The zero-order valence-electron chi connectivity index (χ0n) is 15.1. The van der Waals surface area contributed by atoms with Crippen LogP contribution in [0.5, 0.6) is 0 Å². The van der Waals surface area contributed by atoms with Gasteiger partial charge in [-0.3, -0.25) is 14.4 Å². The monoisotopic (exact) mass is 747 g/mol. The highest BCUT2D eigenvalue weighted by atomic mass is 127. The van der Waals surface area contributed by atoms with Crippen molar-refractivity contribution < 1.29 is 34.8 Å². The molecule has 0 aliphatic rings. The molecule has 0 aliphatic carbocycles. The predicted octanol–water partition coefficient (Wildman–Crippen LogP) is -0.375. The van der Waals surface area contributed by atoms with Crippen LogP contribution in [0.3, 0.4) is 0 Å². The summed E-state index contributed by atoms with van der Waals surface area (Å²) in [4.78, 5) is 37.4. The van der Waals surface area contributed by atoms with Gasteiger partial charge in [0.1, 0.15) is 6.10 Å². The molecule has 0 aliphatic heterocycles. The fraction of sp³-hybridized carbons (Fsp3) is 0.438. The van der Waals surface area contributed by atoms with Crippen molar-refractivity contribution in [3.8, 4) is 0 Å². The number of nitrogens with one attached hydrogen (secondary N) is 3. The largest absolute Gasteiger partial charge is 0.396 e. The van der Waals surface area contributed by atoms with Crippen LogP contribution in [-0.2, 0) is 4.79 Å². The van der Waals surface area contributed by atoms with E-state index >= 15 is 0 Å². The molecule has 0 radical (unpaired) electrons. The van der Waals surface area contributed by atoms with E-state index in [0.29, 0.717) is 10.7 Å². The summed E-state index contributed by atoms with van der Waals surface area (Å²) in [5, 5.41) is 44.5. The second-order valence-electron chi connectivity index (χ2n) is 5.71. The molecule has 0 saturated carbocycles. The molecular weight excluding hydrogens is 727 g/mol. The molecule has 2 atom stereocenters. The van der Waals surface area contributed by atoms with Gasteiger partial charge < -0.3 is 36.4 Å². The summed E-state index contributed by atoms with van der Waals surface area (Å²) in [6, 6.07) is 0. The lowest BCUT2D eigenvalue weighted by Crippen LogP contribution is -2.36. The van der Waals surface area contributed by atoms with Gasteiger partial charge >= 0.3 is 0 Å². The number of rotatable bonds is 9. The molecule has 1 aromatic rings. The molecule has 3 amide bonds. The maximum Gasteiger partial charge on any atom is 0.253 e. The fourth-order valence-electron chi connectivity index (χ4n) is 2.12. The lowest BCUT2D eigenvalue weighted by atomic mass is 10.1. The number of carbonyl (C=O) groups is 3. The van der Waals surface area contributed by atoms with Crippen molar-refractivity contribution in [3.05, 3.63) is 21.8 Å². The van der Waals surface area contributed by atoms with Crippen molar-refractivity contribution in [1.29, 1.82) is 0 Å². The van der Waals surface area contributed by atoms with E-state index in [9.17, 15) is 24.6 Å². The Morgan fingerprint density at radius 3 is 2.00 bits per heavy atom. The standard InChI is InChI=1S/C16H20I3N3O7/c1-20-15(28)8-10(17)9(16(29)21-4-6(25)5-24)12(19)13(11(8)18)22-14(27)7(26)2-3-23/h6-7,23-26H,2-5H2,1H3,(H,20,28)(H,21,29)(H,22,27). The quantitative estimate of drug-likeness (QED) is 0.169. The Bertz CT molecular complexity index is 792. The van der Waals surface area contributed by atoms with Gasteiger partial charge in [-0.1, -0.05) is 0 Å². The van der Waals surface area contributed by atoms with E-state index in [2.05, 4.69) is 16.0 Å². The van der Waals surface area contributed by atoms with Gasteiger partial charge in [-0.15, -0.1) is 0 Å². The Morgan fingerprint density at radius 2 is 1.52 bits per heavy atom. The van der Waals surface area contributed by atoms with Crippen molar-refractivity contribution in [2.24, 2.45) is 0 Å². The van der Waals surface area contributed by atoms with Crippen LogP contribution in [0.4, 0.5) is 5.69 Å². The van der Waals surface area contributed by atoms with Crippen LogP contribution in [0.15, 0.2) is 0 Å². The molecule has 162 valence electrons. The number of hydrogen-bond donors (Lipinski definition) is 7. The second kappa shape index (κ2) is 12.5. The molecule has 0 spiro atoms. The Balaban J connectivity index is 3.50. The van der Waals surface area contributed by atoms with Crippen LogP contribution in [0.2, 0.25) is 0 Å². The third-order valence-corrected chi connectivity index (χ3v) is 6.90. The van der Waals surface area contributed by atoms with E-state index in [0.717, 1.165) is 0 Å². The lowest BCUT2D eigenvalue weighted by Gasteiger charge is -2.20. The van der Waals surface area contributed by atoms with Crippen molar-refractivity contribution in [2.45, 2.75) is 18.6 Å². The van der Waals surface area contributed by atoms with Crippen LogP contribution in [0, 0.1) is 10.7 Å². The molecule has 0 fully saturated rings. The summed E-state index contributed by atoms with van der Waals surface area (Å²) >= 11 is 5.56. The maximum atomic E-state index is 12.7. The highest BCUT2D eigenvalue weighted by Crippen LogP contribution is 2.35. The first-order valence-electron chi connectivity index (χ1n) is 8.20. The minimum Gasteiger partial charge on any atom is -0.396 e. The number of hydrogen-bond acceptors (Lipinski definition) is 7. The third kappa shape index (κ3) is 6.82. The Kier molecular flexibility index (Phi) is 11.5. The molecule has 0 bridgehead atoms. The third-order valence-electron chi connectivity index (χ3n) is 3.66. The first-order chi connectivity index (χ1) is 13.6. The number of benzene rings is 1. The van der Waals surface area contributed by atoms with Gasteiger partial charge in [-0.2, -0.15) is 0 Å². The van der Waals surface area contributed by atoms with Gasteiger partial charge in [0.2, 0.25) is 0 Å². The van der Waals surface area contributed by atoms with Gasteiger partial charge in [0.15, 0.2) is 0 Å². The van der Waals surface area contributed by atoms with E-state index in [1.165, 1.54) is 7.05 Å². The van der Waals surface area contributed by atoms with Crippen LogP contribution in [-0.4, -0.2) is 77.2 Å². The van der Waals surface area contributed by atoms with Gasteiger partial charge in [0.05, 0.1) is 36.7 Å². The number of anilines is 1. The smallest absolute Gasteiger partial charge is 0.253 e. The summed E-state index contributed by atoms with van der Waals surface area (Å²) in [7, 11) is 1.42. The van der Waals surface area contributed by atoms with Crippen molar-refractivity contribution in [2.75, 3.05) is 32.1 Å². The van der Waals surface area contributed by atoms with Crippen molar-refractivity contribution >= 4 is 91.2 Å². The van der Waals surface area contributed by atoms with Gasteiger partial charge in [0.25, 0.3) is 17.7 Å². The number of carbonyl (C=O) groups excluding carboxylic acids is 3. The molecule has 10 nitrogen and oxygen atoms in total. The van der Waals surface area contributed by atoms with Gasteiger partial charge in [0, 0.05) is 30.2 Å². The summed E-state index contributed by atoms with van der Waals surface area (Å²) in [5.41, 5.74) is 0.427. The zero-order valence-corrected chi connectivity index (χ0v) is 21.6. The average molecular weight is 747 g/mol.